The van der Waals surface area contributed by atoms with E-state index < -0.39 is 45.2 Å². The van der Waals surface area contributed by atoms with E-state index >= 15 is 0 Å². The molecule has 2 aliphatic carbocycles. The van der Waals surface area contributed by atoms with E-state index in [1.165, 1.54) is 11.9 Å². The molecule has 4 fully saturated rings. The Hall–Kier alpha value is -3.44. The number of imide groups is 2. The summed E-state index contributed by atoms with van der Waals surface area (Å²) in [6, 6.07) is 14.3. The Morgan fingerprint density at radius 1 is 0.911 bits per heavy atom. The van der Waals surface area contributed by atoms with Crippen molar-refractivity contribution in [3.05, 3.63) is 65.7 Å². The number of likely N-dealkylation sites (tertiary alicyclic amines) is 1. The van der Waals surface area contributed by atoms with Crippen LogP contribution in [0.4, 0.5) is 11.4 Å². The number of aliphatic hydroxyl groups excluding tert-OH is 1. The molecule has 3 saturated heterocycles. The molecule has 0 unspecified atom stereocenters. The van der Waals surface area contributed by atoms with Gasteiger partial charge in [0.1, 0.15) is 12.4 Å². The number of amides is 4. The number of halogens is 2. The minimum absolute atomic E-state index is 0.0585. The second kappa shape index (κ2) is 11.1. The number of alkyl halides is 2. The number of morpholine rings is 1. The molecule has 5 aliphatic rings. The van der Waals surface area contributed by atoms with Crippen LogP contribution in [0.3, 0.4) is 0 Å². The SMILES string of the molecule is CN1C(=O)[C@]2(Cl)C[C@@H]3C(=CC[C@@H]4C(=O)N(c5ccc(N6CCOCC6)cc5)C(=O)[C@@H]43)[C@H](c3ccc(OCCO)cc3)[C@]2(Cl)C1=O. The number of aliphatic hydroxyl groups is 1. The highest BCUT2D eigenvalue weighted by atomic mass is 35.5. The van der Waals surface area contributed by atoms with Gasteiger partial charge in [-0.1, -0.05) is 23.8 Å². The van der Waals surface area contributed by atoms with Crippen molar-refractivity contribution in [1.82, 2.24) is 4.90 Å². The van der Waals surface area contributed by atoms with Gasteiger partial charge in [-0.05, 0) is 60.7 Å². The van der Waals surface area contributed by atoms with Crippen LogP contribution in [0.5, 0.6) is 5.75 Å². The zero-order valence-corrected chi connectivity index (χ0v) is 26.2. The summed E-state index contributed by atoms with van der Waals surface area (Å²) in [6.07, 6.45) is 2.15. The Labute approximate surface area is 270 Å². The molecule has 3 heterocycles. The normalized spacial score (nSPS) is 32.8. The number of hydrogen-bond acceptors (Lipinski definition) is 8. The summed E-state index contributed by atoms with van der Waals surface area (Å²) in [7, 11) is 1.37. The molecule has 0 radical (unpaired) electrons. The number of carbonyl (C=O) groups excluding carboxylic acids is 4. The summed E-state index contributed by atoms with van der Waals surface area (Å²) < 4.78 is 11.0. The summed E-state index contributed by atoms with van der Waals surface area (Å²) in [5, 5.41) is 9.13. The summed E-state index contributed by atoms with van der Waals surface area (Å²) in [6.45, 7) is 2.78. The lowest BCUT2D eigenvalue weighted by Gasteiger charge is -2.50. The highest BCUT2D eigenvalue weighted by Gasteiger charge is 2.75. The first-order chi connectivity index (χ1) is 21.6. The second-order valence-corrected chi connectivity index (χ2v) is 13.5. The molecular formula is C33H33Cl2N3O7. The Morgan fingerprint density at radius 3 is 2.24 bits per heavy atom. The molecule has 0 bridgehead atoms. The van der Waals surface area contributed by atoms with Gasteiger partial charge in [0.15, 0.2) is 9.75 Å². The van der Waals surface area contributed by atoms with Crippen molar-refractivity contribution in [3.63, 3.8) is 0 Å². The fourth-order valence-corrected chi connectivity index (χ4v) is 8.95. The quantitative estimate of drug-likeness (QED) is 0.287. The number of anilines is 2. The molecule has 2 aromatic carbocycles. The van der Waals surface area contributed by atoms with Gasteiger partial charge in [-0.3, -0.25) is 29.0 Å². The minimum atomic E-state index is -1.84. The number of benzene rings is 2. The lowest BCUT2D eigenvalue weighted by Crippen LogP contribution is -2.60. The molecular weight excluding hydrogens is 621 g/mol. The number of carbonyl (C=O) groups is 4. The Balaban J connectivity index is 1.26. The fourth-order valence-electron chi connectivity index (χ4n) is 7.93. The summed E-state index contributed by atoms with van der Waals surface area (Å²) >= 11 is 14.5. The van der Waals surface area contributed by atoms with E-state index in [0.717, 1.165) is 29.2 Å². The molecule has 0 aromatic heterocycles. The van der Waals surface area contributed by atoms with Crippen LogP contribution in [0.1, 0.15) is 24.3 Å². The minimum Gasteiger partial charge on any atom is -0.491 e. The lowest BCUT2D eigenvalue weighted by atomic mass is 9.56. The molecule has 10 nitrogen and oxygen atoms in total. The first kappa shape index (κ1) is 30.2. The summed E-state index contributed by atoms with van der Waals surface area (Å²) in [4.78, 5) is 56.2. The zero-order valence-electron chi connectivity index (χ0n) is 24.7. The van der Waals surface area contributed by atoms with Crippen LogP contribution in [-0.2, 0) is 23.9 Å². The first-order valence-corrected chi connectivity index (χ1v) is 15.9. The highest BCUT2D eigenvalue weighted by molar-refractivity contribution is 6.53. The molecule has 6 atom stereocenters. The van der Waals surface area contributed by atoms with Crippen LogP contribution >= 0.6 is 23.2 Å². The van der Waals surface area contributed by atoms with Gasteiger partial charge in [0.25, 0.3) is 11.8 Å². The van der Waals surface area contributed by atoms with Crippen LogP contribution in [0.25, 0.3) is 0 Å². The third-order valence-corrected chi connectivity index (χ3v) is 11.5. The maximum atomic E-state index is 14.2. The highest BCUT2D eigenvalue weighted by Crippen LogP contribution is 2.65. The molecule has 2 aromatic rings. The van der Waals surface area contributed by atoms with E-state index in [0.29, 0.717) is 30.2 Å². The number of hydrogen-bond donors (Lipinski definition) is 1. The molecule has 1 N–H and O–H groups in total. The Kier molecular flexibility index (Phi) is 7.47. The topological polar surface area (TPSA) is 117 Å². The maximum Gasteiger partial charge on any atom is 0.253 e. The Morgan fingerprint density at radius 2 is 1.58 bits per heavy atom. The molecule has 4 amide bonds. The standard InChI is InChI=1S/C33H33Cl2N3O7/c1-36-30(42)32(34)18-25-23(27(33(32,35)31(36)43)19-2-8-22(9-3-19)45-17-14-39)10-11-24-26(25)29(41)38(28(24)40)21-6-4-20(5-7-21)37-12-15-44-16-13-37/h2-10,24-27,39H,11-18H2,1H3/t24-,25+,26-,27-,32+,33-/m0/s1. The predicted octanol–water partition coefficient (Wildman–Crippen LogP) is 3.09. The molecule has 3 aliphatic heterocycles. The van der Waals surface area contributed by atoms with Crippen molar-refractivity contribution in [2.75, 3.05) is 56.4 Å². The maximum absolute atomic E-state index is 14.2. The Bertz CT molecular complexity index is 1590. The molecule has 12 heteroatoms. The van der Waals surface area contributed by atoms with Gasteiger partial charge in [-0.2, -0.15) is 0 Å². The second-order valence-electron chi connectivity index (χ2n) is 12.3. The number of allylic oxidation sites excluding steroid dienone is 2. The monoisotopic (exact) mass is 653 g/mol. The molecule has 1 saturated carbocycles. The molecule has 236 valence electrons. The predicted molar refractivity (Wildman–Crippen MR) is 166 cm³/mol. The largest absolute Gasteiger partial charge is 0.491 e. The van der Waals surface area contributed by atoms with E-state index in [-0.39, 0.29) is 37.9 Å². The van der Waals surface area contributed by atoms with Crippen molar-refractivity contribution < 1.29 is 33.8 Å². The van der Waals surface area contributed by atoms with Gasteiger partial charge < -0.3 is 19.5 Å². The average Bonchev–Trinajstić information content (AvgIpc) is 3.39. The summed E-state index contributed by atoms with van der Waals surface area (Å²) in [5.74, 6) is -4.19. The number of fused-ring (bicyclic) bond motifs is 4. The van der Waals surface area contributed by atoms with E-state index in [1.807, 2.05) is 18.2 Å². The lowest BCUT2D eigenvalue weighted by molar-refractivity contribution is -0.138. The molecule has 7 rings (SSSR count). The zero-order chi connectivity index (χ0) is 31.7. The van der Waals surface area contributed by atoms with Crippen LogP contribution in [0, 0.1) is 17.8 Å². The summed E-state index contributed by atoms with van der Waals surface area (Å²) in [5.41, 5.74) is 2.84. The van der Waals surface area contributed by atoms with E-state index in [2.05, 4.69) is 4.90 Å². The van der Waals surface area contributed by atoms with Crippen LogP contribution in [0.2, 0.25) is 0 Å². The molecule has 45 heavy (non-hydrogen) atoms. The third kappa shape index (κ3) is 4.36. The third-order valence-electron chi connectivity index (χ3n) is 10.1. The fraction of sp³-hybridized carbons (Fsp3) is 0.455. The van der Waals surface area contributed by atoms with E-state index in [1.54, 1.807) is 36.4 Å². The van der Waals surface area contributed by atoms with Crippen LogP contribution in [-0.4, -0.2) is 89.9 Å². The number of rotatable bonds is 6. The van der Waals surface area contributed by atoms with Crippen molar-refractivity contribution >= 4 is 58.2 Å². The van der Waals surface area contributed by atoms with Crippen LogP contribution in [0.15, 0.2) is 60.2 Å². The van der Waals surface area contributed by atoms with Crippen molar-refractivity contribution in [2.45, 2.75) is 28.5 Å². The van der Waals surface area contributed by atoms with Crippen LogP contribution < -0.4 is 14.5 Å². The first-order valence-electron chi connectivity index (χ1n) is 15.2. The van der Waals surface area contributed by atoms with E-state index in [4.69, 9.17) is 37.8 Å². The van der Waals surface area contributed by atoms with Gasteiger partial charge in [0.05, 0.1) is 37.3 Å². The molecule has 0 spiro atoms. The van der Waals surface area contributed by atoms with Gasteiger partial charge in [-0.25, -0.2) is 0 Å². The van der Waals surface area contributed by atoms with E-state index in [9.17, 15) is 19.2 Å². The van der Waals surface area contributed by atoms with Gasteiger partial charge in [0.2, 0.25) is 11.8 Å². The smallest absolute Gasteiger partial charge is 0.253 e. The van der Waals surface area contributed by atoms with Gasteiger partial charge in [0, 0.05) is 31.7 Å². The average molecular weight is 655 g/mol. The van der Waals surface area contributed by atoms with Gasteiger partial charge in [-0.15, -0.1) is 23.2 Å². The van der Waals surface area contributed by atoms with Crippen molar-refractivity contribution in [1.29, 1.82) is 0 Å². The number of nitrogens with zero attached hydrogens (tertiary/aromatic N) is 3. The van der Waals surface area contributed by atoms with Gasteiger partial charge >= 0.3 is 0 Å². The van der Waals surface area contributed by atoms with Crippen molar-refractivity contribution in [3.8, 4) is 5.75 Å². The number of ether oxygens (including phenoxy) is 2. The van der Waals surface area contributed by atoms with Crippen molar-refractivity contribution in [2.24, 2.45) is 17.8 Å².